The van der Waals surface area contributed by atoms with E-state index in [4.69, 9.17) is 0 Å². The molecule has 24 heavy (non-hydrogen) atoms. The average Bonchev–Trinajstić information content (AvgIpc) is 2.55. The number of hydrogen-bond donors (Lipinski definition) is 1. The molecule has 0 spiro atoms. The second-order valence-corrected chi connectivity index (χ2v) is 5.60. The summed E-state index contributed by atoms with van der Waals surface area (Å²) in [6, 6.07) is -0.836. The minimum Gasteiger partial charge on any atom is -0.314 e. The third kappa shape index (κ3) is 4.31. The van der Waals surface area contributed by atoms with E-state index >= 15 is 0 Å². The normalized spacial score (nSPS) is 17.6. The molecule has 1 aromatic rings. The average molecular weight is 395 g/mol. The lowest BCUT2D eigenvalue weighted by molar-refractivity contribution is 0.120. The second kappa shape index (κ2) is 9.75. The van der Waals surface area contributed by atoms with Gasteiger partial charge in [0.25, 0.3) is 0 Å². The highest BCUT2D eigenvalue weighted by Gasteiger charge is 2.36. The van der Waals surface area contributed by atoms with Gasteiger partial charge in [0.1, 0.15) is 0 Å². The molecule has 1 fully saturated rings. The molecule has 0 aliphatic carbocycles. The largest absolute Gasteiger partial charge is 0.314 e. The molecular formula is C15H21Cl2F5N2. The zero-order valence-electron chi connectivity index (χ0n) is 13.3. The molecule has 1 N–H and O–H groups in total. The molecular weight excluding hydrogens is 374 g/mol. The van der Waals surface area contributed by atoms with E-state index < -0.39 is 40.7 Å². The molecule has 2 atom stereocenters. The smallest absolute Gasteiger partial charge is 0.200 e. The summed E-state index contributed by atoms with van der Waals surface area (Å²) in [5, 5.41) is 3.10. The maximum absolute atomic E-state index is 14.1. The molecule has 0 aromatic heterocycles. The summed E-state index contributed by atoms with van der Waals surface area (Å²) in [5.41, 5.74) is -0.715. The van der Waals surface area contributed by atoms with Crippen molar-refractivity contribution in [2.45, 2.75) is 26.3 Å². The van der Waals surface area contributed by atoms with Crippen LogP contribution in [0.15, 0.2) is 0 Å². The van der Waals surface area contributed by atoms with Crippen molar-refractivity contribution in [1.82, 2.24) is 10.2 Å². The van der Waals surface area contributed by atoms with Gasteiger partial charge in [0.15, 0.2) is 23.3 Å². The molecule has 140 valence electrons. The van der Waals surface area contributed by atoms with Gasteiger partial charge in [-0.3, -0.25) is 4.90 Å². The number of benzene rings is 1. The Kier molecular flexibility index (Phi) is 9.49. The summed E-state index contributed by atoms with van der Waals surface area (Å²) < 4.78 is 68.5. The fourth-order valence-corrected chi connectivity index (χ4v) is 2.89. The van der Waals surface area contributed by atoms with Gasteiger partial charge in [-0.2, -0.15) is 0 Å². The molecule has 1 unspecified atom stereocenters. The first-order valence-corrected chi connectivity index (χ1v) is 7.36. The number of piperazine rings is 1. The second-order valence-electron chi connectivity index (χ2n) is 5.60. The van der Waals surface area contributed by atoms with E-state index in [1.165, 1.54) is 0 Å². The van der Waals surface area contributed by atoms with Crippen LogP contribution in [0.1, 0.15) is 31.9 Å². The van der Waals surface area contributed by atoms with Crippen LogP contribution in [0.2, 0.25) is 0 Å². The molecule has 1 heterocycles. The molecule has 2 rings (SSSR count). The van der Waals surface area contributed by atoms with E-state index in [1.54, 1.807) is 11.8 Å². The molecule has 0 amide bonds. The fraction of sp³-hybridized carbons (Fsp3) is 0.600. The number of nitrogens with one attached hydrogen (secondary N) is 1. The Morgan fingerprint density at radius 3 is 1.71 bits per heavy atom. The highest BCUT2D eigenvalue weighted by Crippen LogP contribution is 2.36. The minimum atomic E-state index is -2.11. The molecule has 1 aliphatic rings. The Morgan fingerprint density at radius 2 is 1.29 bits per heavy atom. The van der Waals surface area contributed by atoms with Crippen molar-refractivity contribution in [3.63, 3.8) is 0 Å². The molecule has 9 heteroatoms. The Morgan fingerprint density at radius 1 is 0.875 bits per heavy atom. The topological polar surface area (TPSA) is 15.3 Å². The number of halogens is 7. The first-order chi connectivity index (χ1) is 10.4. The van der Waals surface area contributed by atoms with Gasteiger partial charge >= 0.3 is 0 Å². The monoisotopic (exact) mass is 394 g/mol. The van der Waals surface area contributed by atoms with E-state index in [0.717, 1.165) is 0 Å². The number of hydrogen-bond acceptors (Lipinski definition) is 2. The van der Waals surface area contributed by atoms with Gasteiger partial charge in [-0.1, -0.05) is 20.3 Å². The summed E-state index contributed by atoms with van der Waals surface area (Å²) in [6.45, 7) is 5.80. The van der Waals surface area contributed by atoms with Crippen LogP contribution < -0.4 is 5.32 Å². The zero-order chi connectivity index (χ0) is 16.4. The van der Waals surface area contributed by atoms with Crippen LogP contribution in [0.25, 0.3) is 0 Å². The van der Waals surface area contributed by atoms with Gasteiger partial charge < -0.3 is 5.32 Å². The summed E-state index contributed by atoms with van der Waals surface area (Å²) in [7, 11) is 0. The van der Waals surface area contributed by atoms with Crippen LogP contribution in [-0.4, -0.2) is 31.1 Å². The van der Waals surface area contributed by atoms with Crippen molar-refractivity contribution in [3.8, 4) is 0 Å². The first kappa shape index (κ1) is 23.4. The van der Waals surface area contributed by atoms with Crippen LogP contribution >= 0.6 is 24.8 Å². The zero-order valence-corrected chi connectivity index (χ0v) is 15.0. The van der Waals surface area contributed by atoms with Gasteiger partial charge in [0, 0.05) is 37.8 Å². The molecule has 2 nitrogen and oxygen atoms in total. The summed E-state index contributed by atoms with van der Waals surface area (Å²) >= 11 is 0. The maximum Gasteiger partial charge on any atom is 0.200 e. The third-order valence-electron chi connectivity index (χ3n) is 4.27. The van der Waals surface area contributed by atoms with Gasteiger partial charge in [-0.15, -0.1) is 24.8 Å². The lowest BCUT2D eigenvalue weighted by Gasteiger charge is -2.38. The Hall–Kier alpha value is -0.630. The Labute approximate surface area is 150 Å². The van der Waals surface area contributed by atoms with E-state index in [2.05, 4.69) is 5.32 Å². The van der Waals surface area contributed by atoms with Crippen LogP contribution in [0.4, 0.5) is 22.0 Å². The predicted molar refractivity (Wildman–Crippen MR) is 87.4 cm³/mol. The molecule has 0 radical (unpaired) electrons. The van der Waals surface area contributed by atoms with Gasteiger partial charge in [-0.25, -0.2) is 22.0 Å². The highest BCUT2D eigenvalue weighted by molar-refractivity contribution is 5.85. The lowest BCUT2D eigenvalue weighted by atomic mass is 9.89. The summed E-state index contributed by atoms with van der Waals surface area (Å²) in [6.07, 6.45) is 0.564. The van der Waals surface area contributed by atoms with Crippen molar-refractivity contribution in [1.29, 1.82) is 0 Å². The minimum absolute atomic E-state index is 0. The van der Waals surface area contributed by atoms with E-state index in [0.29, 0.717) is 32.6 Å². The number of nitrogens with zero attached hydrogens (tertiary/aromatic N) is 1. The van der Waals surface area contributed by atoms with E-state index in [9.17, 15) is 22.0 Å². The first-order valence-electron chi connectivity index (χ1n) is 7.36. The van der Waals surface area contributed by atoms with Crippen molar-refractivity contribution < 1.29 is 22.0 Å². The third-order valence-corrected chi connectivity index (χ3v) is 4.27. The SMILES string of the molecule is CCC(C)[C@H](c1c(F)c(F)c(F)c(F)c1F)N1CCNCC1.Cl.Cl. The standard InChI is InChI=1S/C15H19F5N2.2ClH/c1-3-8(2)15(22-6-4-21-5-7-22)9-10(16)12(18)14(20)13(19)11(9)17;;/h8,15,21H,3-7H2,1-2H3;2*1H/t8?,15-;;/m1../s1. The summed E-state index contributed by atoms with van der Waals surface area (Å²) in [4.78, 5) is 1.78. The van der Waals surface area contributed by atoms with Gasteiger partial charge in [0.05, 0.1) is 0 Å². The lowest BCUT2D eigenvalue weighted by Crippen LogP contribution is -2.47. The predicted octanol–water partition coefficient (Wildman–Crippen LogP) is 4.22. The molecule has 0 saturated carbocycles. The van der Waals surface area contributed by atoms with Crippen LogP contribution in [0.3, 0.4) is 0 Å². The Balaban J connectivity index is 0.00000264. The van der Waals surface area contributed by atoms with Crippen molar-refractivity contribution in [2.24, 2.45) is 5.92 Å². The molecule has 1 saturated heterocycles. The number of rotatable bonds is 4. The Bertz CT molecular complexity index is 524. The maximum atomic E-state index is 14.1. The van der Waals surface area contributed by atoms with Crippen LogP contribution in [0.5, 0.6) is 0 Å². The molecule has 0 bridgehead atoms. The van der Waals surface area contributed by atoms with E-state index in [1.807, 2.05) is 6.92 Å². The van der Waals surface area contributed by atoms with Crippen LogP contribution in [-0.2, 0) is 0 Å². The van der Waals surface area contributed by atoms with Crippen molar-refractivity contribution >= 4 is 24.8 Å². The molecule has 1 aromatic carbocycles. The van der Waals surface area contributed by atoms with E-state index in [-0.39, 0.29) is 30.7 Å². The quantitative estimate of drug-likeness (QED) is 0.467. The van der Waals surface area contributed by atoms with Gasteiger partial charge in [-0.05, 0) is 5.92 Å². The summed E-state index contributed by atoms with van der Waals surface area (Å²) in [5.74, 6) is -9.55. The van der Waals surface area contributed by atoms with Crippen molar-refractivity contribution in [2.75, 3.05) is 26.2 Å². The molecule has 1 aliphatic heterocycles. The fourth-order valence-electron chi connectivity index (χ4n) is 2.89. The van der Waals surface area contributed by atoms with Gasteiger partial charge in [0.2, 0.25) is 5.82 Å². The van der Waals surface area contributed by atoms with Crippen LogP contribution in [0, 0.1) is 35.0 Å². The highest BCUT2D eigenvalue weighted by atomic mass is 35.5. The van der Waals surface area contributed by atoms with Crippen molar-refractivity contribution in [3.05, 3.63) is 34.6 Å².